The first-order valence-electron chi connectivity index (χ1n) is 6.66. The van der Waals surface area contributed by atoms with Crippen LogP contribution in [0.4, 0.5) is 17.6 Å². The summed E-state index contributed by atoms with van der Waals surface area (Å²) >= 11 is 0. The first-order valence-corrected chi connectivity index (χ1v) is 6.66. The largest absolute Gasteiger partial charge is 0.487 e. The number of benzene rings is 1. The van der Waals surface area contributed by atoms with Crippen LogP contribution in [0.5, 0.6) is 5.75 Å². The maximum Gasteiger partial charge on any atom is 0.419 e. The van der Waals surface area contributed by atoms with Crippen LogP contribution in [0.3, 0.4) is 0 Å². The Balaban J connectivity index is 2.07. The van der Waals surface area contributed by atoms with Crippen LogP contribution in [0.1, 0.15) is 25.3 Å². The number of hydrogen-bond acceptors (Lipinski definition) is 3. The van der Waals surface area contributed by atoms with Crippen LogP contribution < -0.4 is 4.74 Å². The zero-order valence-electron chi connectivity index (χ0n) is 11.4. The first kappa shape index (κ1) is 16.0. The lowest BCUT2D eigenvalue weighted by atomic mass is 9.88. The molecule has 0 spiro atoms. The van der Waals surface area contributed by atoms with Gasteiger partial charge in [0.25, 0.3) is 0 Å². The van der Waals surface area contributed by atoms with E-state index in [1.807, 2.05) is 6.92 Å². The molecule has 2 rings (SSSR count). The van der Waals surface area contributed by atoms with Crippen LogP contribution in [0.15, 0.2) is 18.2 Å². The molecule has 21 heavy (non-hydrogen) atoms. The van der Waals surface area contributed by atoms with Gasteiger partial charge in [-0.05, 0) is 24.6 Å². The molecule has 7 heteroatoms. The first-order chi connectivity index (χ1) is 9.82. The number of aliphatic hydroxyl groups is 1. The van der Waals surface area contributed by atoms with E-state index in [4.69, 9.17) is 9.47 Å². The van der Waals surface area contributed by atoms with Gasteiger partial charge in [-0.1, -0.05) is 6.92 Å². The Bertz CT molecular complexity index is 490. The summed E-state index contributed by atoms with van der Waals surface area (Å²) in [4.78, 5) is 0. The van der Waals surface area contributed by atoms with Crippen molar-refractivity contribution in [2.45, 2.75) is 44.3 Å². The van der Waals surface area contributed by atoms with Crippen LogP contribution in [0, 0.1) is 5.82 Å². The van der Waals surface area contributed by atoms with Crippen molar-refractivity contribution >= 4 is 0 Å². The minimum atomic E-state index is -4.78. The molecule has 1 aromatic carbocycles. The summed E-state index contributed by atoms with van der Waals surface area (Å²) in [5.41, 5.74) is -1.37. The number of ether oxygens (including phenoxy) is 2. The van der Waals surface area contributed by atoms with Gasteiger partial charge in [-0.3, -0.25) is 0 Å². The quantitative estimate of drug-likeness (QED) is 0.849. The molecule has 3 nitrogen and oxygen atoms in total. The van der Waals surface area contributed by atoms with E-state index in [0.29, 0.717) is 12.7 Å². The van der Waals surface area contributed by atoms with Crippen molar-refractivity contribution in [1.29, 1.82) is 0 Å². The van der Waals surface area contributed by atoms with Gasteiger partial charge >= 0.3 is 6.18 Å². The summed E-state index contributed by atoms with van der Waals surface area (Å²) in [6, 6.07) is 2.47. The maximum absolute atomic E-state index is 13.2. The van der Waals surface area contributed by atoms with E-state index < -0.39 is 35.9 Å². The van der Waals surface area contributed by atoms with E-state index in [1.54, 1.807) is 0 Å². The van der Waals surface area contributed by atoms with E-state index in [0.717, 1.165) is 18.6 Å². The van der Waals surface area contributed by atoms with E-state index in [9.17, 15) is 22.7 Å². The molecule has 3 unspecified atom stereocenters. The molecule has 1 fully saturated rings. The third kappa shape index (κ3) is 3.65. The fourth-order valence-electron chi connectivity index (χ4n) is 2.12. The Kier molecular flexibility index (Phi) is 4.73. The lowest BCUT2D eigenvalue weighted by molar-refractivity contribution is -0.163. The molecule has 0 aromatic heterocycles. The second-order valence-corrected chi connectivity index (χ2v) is 4.93. The summed E-state index contributed by atoms with van der Waals surface area (Å²) in [6.07, 6.45) is -5.54. The Hall–Kier alpha value is -1.34. The molecule has 1 aliphatic rings. The van der Waals surface area contributed by atoms with Crippen LogP contribution in [-0.4, -0.2) is 30.0 Å². The van der Waals surface area contributed by atoms with E-state index in [1.165, 1.54) is 0 Å². The molecule has 118 valence electrons. The summed E-state index contributed by atoms with van der Waals surface area (Å²) in [5.74, 6) is -1.44. The maximum atomic E-state index is 13.2. The predicted octanol–water partition coefficient (Wildman–Crippen LogP) is 3.15. The van der Waals surface area contributed by atoms with Crippen LogP contribution in [-0.2, 0) is 10.9 Å². The van der Waals surface area contributed by atoms with E-state index in [2.05, 4.69) is 0 Å². The van der Waals surface area contributed by atoms with Gasteiger partial charge < -0.3 is 14.6 Å². The fourth-order valence-corrected chi connectivity index (χ4v) is 2.12. The fraction of sp³-hybridized carbons (Fsp3) is 0.571. The van der Waals surface area contributed by atoms with Crippen molar-refractivity contribution in [1.82, 2.24) is 0 Å². The summed E-state index contributed by atoms with van der Waals surface area (Å²) in [6.45, 7) is 2.33. The van der Waals surface area contributed by atoms with Crippen molar-refractivity contribution in [2.75, 3.05) is 6.61 Å². The van der Waals surface area contributed by atoms with Gasteiger partial charge in [-0.2, -0.15) is 13.2 Å². The molecular weight excluding hydrogens is 292 g/mol. The van der Waals surface area contributed by atoms with Crippen LogP contribution in [0.2, 0.25) is 0 Å². The van der Waals surface area contributed by atoms with Crippen molar-refractivity contribution < 1.29 is 32.1 Å². The van der Waals surface area contributed by atoms with Crippen molar-refractivity contribution in [3.63, 3.8) is 0 Å². The monoisotopic (exact) mass is 308 g/mol. The molecule has 0 bridgehead atoms. The van der Waals surface area contributed by atoms with Gasteiger partial charge in [0.2, 0.25) is 0 Å². The third-order valence-electron chi connectivity index (χ3n) is 3.26. The molecule has 0 aliphatic heterocycles. The zero-order chi connectivity index (χ0) is 15.6. The van der Waals surface area contributed by atoms with Crippen molar-refractivity contribution in [3.8, 4) is 5.75 Å². The average molecular weight is 308 g/mol. The highest BCUT2D eigenvalue weighted by Crippen LogP contribution is 2.35. The molecule has 0 amide bonds. The lowest BCUT2D eigenvalue weighted by Crippen LogP contribution is -2.55. The number of halogens is 4. The zero-order valence-corrected chi connectivity index (χ0v) is 11.4. The van der Waals surface area contributed by atoms with Gasteiger partial charge in [0.1, 0.15) is 23.8 Å². The van der Waals surface area contributed by atoms with Crippen molar-refractivity contribution in [2.24, 2.45) is 0 Å². The van der Waals surface area contributed by atoms with Gasteiger partial charge in [0.05, 0.1) is 11.7 Å². The molecule has 1 saturated carbocycles. The summed E-state index contributed by atoms with van der Waals surface area (Å²) < 4.78 is 61.7. The molecule has 1 aromatic rings. The van der Waals surface area contributed by atoms with Gasteiger partial charge in [0, 0.05) is 13.0 Å². The molecule has 1 aliphatic carbocycles. The topological polar surface area (TPSA) is 38.7 Å². The Morgan fingerprint density at radius 1 is 1.33 bits per heavy atom. The minimum absolute atomic E-state index is 0.0919. The smallest absolute Gasteiger partial charge is 0.419 e. The highest BCUT2D eigenvalue weighted by molar-refractivity contribution is 5.32. The Labute approximate surface area is 119 Å². The molecule has 0 saturated heterocycles. The van der Waals surface area contributed by atoms with E-state index in [-0.39, 0.29) is 12.2 Å². The second-order valence-electron chi connectivity index (χ2n) is 4.93. The van der Waals surface area contributed by atoms with Crippen molar-refractivity contribution in [3.05, 3.63) is 29.6 Å². The predicted molar refractivity (Wildman–Crippen MR) is 66.5 cm³/mol. The number of rotatable bonds is 5. The number of hydrogen-bond donors (Lipinski definition) is 1. The van der Waals surface area contributed by atoms with Gasteiger partial charge in [0.15, 0.2) is 0 Å². The molecule has 0 heterocycles. The van der Waals surface area contributed by atoms with E-state index >= 15 is 0 Å². The normalized spacial score (nSPS) is 25.5. The minimum Gasteiger partial charge on any atom is -0.487 e. The summed E-state index contributed by atoms with van der Waals surface area (Å²) in [5, 5.41) is 9.57. The lowest BCUT2D eigenvalue weighted by Gasteiger charge is -2.40. The Morgan fingerprint density at radius 3 is 2.62 bits per heavy atom. The summed E-state index contributed by atoms with van der Waals surface area (Å²) in [7, 11) is 0. The SMILES string of the molecule is CCCOC1C(O)CC1Oc1ccc(F)c(C(F)(F)F)c1. The highest BCUT2D eigenvalue weighted by Gasteiger charge is 2.43. The standard InChI is InChI=1S/C14H16F4O3/c1-2-5-20-13-11(19)7-12(13)21-8-3-4-10(15)9(6-8)14(16,17)18/h3-4,6,11-13,19H,2,5,7H2,1H3. The van der Waals surface area contributed by atoms with Gasteiger partial charge in [-0.15, -0.1) is 0 Å². The molecule has 3 atom stereocenters. The second kappa shape index (κ2) is 6.19. The average Bonchev–Trinajstić information content (AvgIpc) is 2.39. The molecular formula is C14H16F4O3. The molecule has 1 N–H and O–H groups in total. The number of alkyl halides is 3. The van der Waals surface area contributed by atoms with Gasteiger partial charge in [-0.25, -0.2) is 4.39 Å². The third-order valence-corrected chi connectivity index (χ3v) is 3.26. The number of aliphatic hydroxyl groups excluding tert-OH is 1. The van der Waals surface area contributed by atoms with Crippen LogP contribution >= 0.6 is 0 Å². The Morgan fingerprint density at radius 2 is 2.05 bits per heavy atom. The van der Waals surface area contributed by atoms with Crippen LogP contribution in [0.25, 0.3) is 0 Å². The molecule has 0 radical (unpaired) electrons. The highest BCUT2D eigenvalue weighted by atomic mass is 19.4.